The summed E-state index contributed by atoms with van der Waals surface area (Å²) in [6.45, 7) is 0. The molecule has 0 atom stereocenters. The predicted molar refractivity (Wildman–Crippen MR) is 94.3 cm³/mol. The summed E-state index contributed by atoms with van der Waals surface area (Å²) >= 11 is 0. The summed E-state index contributed by atoms with van der Waals surface area (Å²) in [5.74, 6) is 0. The first kappa shape index (κ1) is 18.8. The maximum absolute atomic E-state index is 13.0. The lowest BCUT2D eigenvalue weighted by Gasteiger charge is -2.11. The third-order valence-corrected chi connectivity index (χ3v) is 4.04. The highest BCUT2D eigenvalue weighted by molar-refractivity contribution is 5.75. The lowest BCUT2D eigenvalue weighted by atomic mass is 9.97. The van der Waals surface area contributed by atoms with Crippen LogP contribution < -0.4 is 5.56 Å². The van der Waals surface area contributed by atoms with Crippen LogP contribution in [0.25, 0.3) is 22.4 Å². The molecule has 3 rings (SSSR count). The predicted octanol–water partition coefficient (Wildman–Crippen LogP) is 4.51. The fourth-order valence-corrected chi connectivity index (χ4v) is 2.68. The summed E-state index contributed by atoms with van der Waals surface area (Å²) in [7, 11) is 0. The second-order valence-electron chi connectivity index (χ2n) is 5.80. The van der Waals surface area contributed by atoms with Crippen LogP contribution in [0.3, 0.4) is 0 Å². The topological polar surface area (TPSA) is 99.8 Å². The van der Waals surface area contributed by atoms with E-state index in [-0.39, 0.29) is 28.1 Å². The van der Waals surface area contributed by atoms with E-state index < -0.39 is 22.2 Å². The molecule has 0 aliphatic carbocycles. The van der Waals surface area contributed by atoms with E-state index in [4.69, 9.17) is 0 Å². The Morgan fingerprint density at radius 2 is 1.71 bits per heavy atom. The number of nitriles is 1. The number of halogens is 3. The normalized spacial score (nSPS) is 11.1. The van der Waals surface area contributed by atoms with Gasteiger partial charge in [-0.1, -0.05) is 12.1 Å². The number of nitrogens with one attached hydrogen (secondary N) is 1. The Morgan fingerprint density at radius 3 is 2.29 bits per heavy atom. The van der Waals surface area contributed by atoms with Crippen molar-refractivity contribution >= 4 is 5.69 Å². The average Bonchev–Trinajstić information content (AvgIpc) is 2.67. The van der Waals surface area contributed by atoms with Gasteiger partial charge in [-0.15, -0.1) is 0 Å². The fourth-order valence-electron chi connectivity index (χ4n) is 2.68. The molecule has 9 heteroatoms. The van der Waals surface area contributed by atoms with Crippen LogP contribution in [0.4, 0.5) is 18.9 Å². The SMILES string of the molecule is N#Cc1c(-c2cccc(C(F)(F)F)c2)cc(-c2ccc([N+](=O)[O-])cc2)[nH]c1=O. The van der Waals surface area contributed by atoms with E-state index in [1.807, 2.05) is 0 Å². The van der Waals surface area contributed by atoms with Gasteiger partial charge in [-0.2, -0.15) is 18.4 Å². The van der Waals surface area contributed by atoms with Crippen LogP contribution in [0.5, 0.6) is 0 Å². The van der Waals surface area contributed by atoms with Crippen molar-refractivity contribution in [3.63, 3.8) is 0 Å². The Labute approximate surface area is 155 Å². The quantitative estimate of drug-likeness (QED) is 0.530. The van der Waals surface area contributed by atoms with Crippen molar-refractivity contribution in [3.8, 4) is 28.5 Å². The van der Waals surface area contributed by atoms with Crippen LogP contribution in [-0.2, 0) is 6.18 Å². The van der Waals surface area contributed by atoms with E-state index in [9.17, 15) is 33.3 Å². The molecule has 0 aliphatic rings. The van der Waals surface area contributed by atoms with Crippen molar-refractivity contribution in [2.75, 3.05) is 0 Å². The number of nitrogens with zero attached hydrogens (tertiary/aromatic N) is 2. The van der Waals surface area contributed by atoms with Crippen molar-refractivity contribution in [1.29, 1.82) is 5.26 Å². The van der Waals surface area contributed by atoms with Gasteiger partial charge in [-0.05, 0) is 41.5 Å². The lowest BCUT2D eigenvalue weighted by Crippen LogP contribution is -2.13. The van der Waals surface area contributed by atoms with E-state index >= 15 is 0 Å². The zero-order chi connectivity index (χ0) is 20.5. The second-order valence-corrected chi connectivity index (χ2v) is 5.80. The molecule has 0 bridgehead atoms. The number of non-ortho nitro benzene ring substituents is 1. The van der Waals surface area contributed by atoms with Crippen molar-refractivity contribution in [2.24, 2.45) is 0 Å². The summed E-state index contributed by atoms with van der Waals surface area (Å²) in [6.07, 6.45) is -4.58. The van der Waals surface area contributed by atoms with Gasteiger partial charge in [0, 0.05) is 23.4 Å². The maximum Gasteiger partial charge on any atom is 0.416 e. The van der Waals surface area contributed by atoms with Crippen molar-refractivity contribution in [1.82, 2.24) is 4.98 Å². The number of hydrogen-bond donors (Lipinski definition) is 1. The minimum atomic E-state index is -4.58. The van der Waals surface area contributed by atoms with Gasteiger partial charge >= 0.3 is 6.18 Å². The van der Waals surface area contributed by atoms with Crippen molar-refractivity contribution < 1.29 is 18.1 Å². The molecule has 2 aromatic carbocycles. The van der Waals surface area contributed by atoms with Gasteiger partial charge in [0.05, 0.1) is 10.5 Å². The lowest BCUT2D eigenvalue weighted by molar-refractivity contribution is -0.384. The third kappa shape index (κ3) is 3.61. The van der Waals surface area contributed by atoms with Crippen LogP contribution in [0, 0.1) is 21.4 Å². The van der Waals surface area contributed by atoms with Crippen molar-refractivity contribution in [2.45, 2.75) is 6.18 Å². The third-order valence-electron chi connectivity index (χ3n) is 4.04. The van der Waals surface area contributed by atoms with E-state index in [1.165, 1.54) is 42.5 Å². The number of alkyl halides is 3. The molecular formula is C19H10F3N3O3. The van der Waals surface area contributed by atoms with Crippen LogP contribution >= 0.6 is 0 Å². The molecule has 0 saturated heterocycles. The molecular weight excluding hydrogens is 375 g/mol. The molecule has 6 nitrogen and oxygen atoms in total. The number of pyridine rings is 1. The number of aromatic amines is 1. The minimum absolute atomic E-state index is 0.0331. The highest BCUT2D eigenvalue weighted by atomic mass is 19.4. The largest absolute Gasteiger partial charge is 0.416 e. The fraction of sp³-hybridized carbons (Fsp3) is 0.0526. The average molecular weight is 385 g/mol. The number of nitro groups is 1. The number of benzene rings is 2. The molecule has 0 amide bonds. The first-order valence-electron chi connectivity index (χ1n) is 7.80. The van der Waals surface area contributed by atoms with E-state index in [2.05, 4.69) is 4.98 Å². The van der Waals surface area contributed by atoms with Crippen LogP contribution in [0.15, 0.2) is 59.4 Å². The minimum Gasteiger partial charge on any atom is -0.321 e. The number of H-pyrrole nitrogens is 1. The summed E-state index contributed by atoms with van der Waals surface area (Å²) in [4.78, 5) is 24.9. The van der Waals surface area contributed by atoms with Gasteiger partial charge in [0.2, 0.25) is 0 Å². The van der Waals surface area contributed by atoms with Crippen LogP contribution in [0.2, 0.25) is 0 Å². The maximum atomic E-state index is 13.0. The summed E-state index contributed by atoms with van der Waals surface area (Å²) in [5.41, 5.74) is -1.46. The van der Waals surface area contributed by atoms with E-state index in [0.29, 0.717) is 5.56 Å². The van der Waals surface area contributed by atoms with Gasteiger partial charge in [0.15, 0.2) is 0 Å². The molecule has 1 heterocycles. The Hall–Kier alpha value is -3.93. The van der Waals surface area contributed by atoms with Gasteiger partial charge in [-0.25, -0.2) is 0 Å². The number of hydrogen-bond acceptors (Lipinski definition) is 4. The molecule has 28 heavy (non-hydrogen) atoms. The Morgan fingerprint density at radius 1 is 1.04 bits per heavy atom. The summed E-state index contributed by atoms with van der Waals surface area (Å²) in [5, 5.41) is 20.0. The van der Waals surface area contributed by atoms with E-state index in [0.717, 1.165) is 12.1 Å². The van der Waals surface area contributed by atoms with Gasteiger partial charge in [-0.3, -0.25) is 14.9 Å². The first-order chi connectivity index (χ1) is 13.2. The molecule has 0 fully saturated rings. The first-order valence-corrected chi connectivity index (χ1v) is 7.80. The highest BCUT2D eigenvalue weighted by Crippen LogP contribution is 2.33. The molecule has 0 aliphatic heterocycles. The van der Waals surface area contributed by atoms with Crippen LogP contribution in [0.1, 0.15) is 11.1 Å². The molecule has 3 aromatic rings. The van der Waals surface area contributed by atoms with Crippen LogP contribution in [-0.4, -0.2) is 9.91 Å². The smallest absolute Gasteiger partial charge is 0.321 e. The molecule has 0 radical (unpaired) electrons. The van der Waals surface area contributed by atoms with Gasteiger partial charge in [0.1, 0.15) is 11.6 Å². The summed E-state index contributed by atoms with van der Waals surface area (Å²) in [6, 6.07) is 12.6. The summed E-state index contributed by atoms with van der Waals surface area (Å²) < 4.78 is 39.0. The second kappa shape index (κ2) is 7.00. The highest BCUT2D eigenvalue weighted by Gasteiger charge is 2.30. The standard InChI is InChI=1S/C19H10F3N3O3/c20-19(21,22)13-3-1-2-12(8-13)15-9-17(24-18(26)16(15)10-23)11-4-6-14(7-5-11)25(27)28/h1-9H,(H,24,26). The Balaban J connectivity index is 2.18. The number of rotatable bonds is 3. The Kier molecular flexibility index (Phi) is 4.71. The number of aromatic nitrogens is 1. The molecule has 0 saturated carbocycles. The van der Waals surface area contributed by atoms with Gasteiger partial charge in [0.25, 0.3) is 11.2 Å². The molecule has 1 aromatic heterocycles. The number of nitro benzene ring substituents is 1. The molecule has 140 valence electrons. The zero-order valence-corrected chi connectivity index (χ0v) is 13.9. The Bertz CT molecular complexity index is 1160. The molecule has 1 N–H and O–H groups in total. The molecule has 0 spiro atoms. The van der Waals surface area contributed by atoms with Gasteiger partial charge < -0.3 is 4.98 Å². The van der Waals surface area contributed by atoms with E-state index in [1.54, 1.807) is 6.07 Å². The monoisotopic (exact) mass is 385 g/mol. The van der Waals surface area contributed by atoms with Crippen molar-refractivity contribution in [3.05, 3.63) is 86.2 Å². The zero-order valence-electron chi connectivity index (χ0n) is 13.9. The molecule has 0 unspecified atom stereocenters.